The molecule has 0 N–H and O–H groups in total. The van der Waals surface area contributed by atoms with Gasteiger partial charge in [0.25, 0.3) is 0 Å². The van der Waals surface area contributed by atoms with Crippen molar-refractivity contribution < 1.29 is 67.5 Å². The Morgan fingerprint density at radius 2 is 0.625 bits per heavy atom. The van der Waals surface area contributed by atoms with E-state index in [0.29, 0.717) is 24.3 Å². The van der Waals surface area contributed by atoms with Crippen LogP contribution in [0, 0.1) is 20.8 Å². The summed E-state index contributed by atoms with van der Waals surface area (Å²) < 4.78 is 22.2. The fourth-order valence-corrected chi connectivity index (χ4v) is 7.90. The molecule has 7 rings (SSSR count). The van der Waals surface area contributed by atoms with Crippen LogP contribution in [0.15, 0.2) is 197 Å². The molecule has 428 valence electrons. The van der Waals surface area contributed by atoms with Gasteiger partial charge in [0.05, 0.1) is 37.6 Å². The van der Waals surface area contributed by atoms with Crippen LogP contribution in [0.3, 0.4) is 0 Å². The van der Waals surface area contributed by atoms with Crippen molar-refractivity contribution in [3.05, 3.63) is 221 Å². The summed E-state index contributed by atoms with van der Waals surface area (Å²) in [4.78, 5) is 27.2. The molecule has 11 heteroatoms. The number of benzene rings is 7. The standard InChI is InChI=1S/2C24H32O3.3C7H8S.2Ru/c2*1-2-3-4-5-10-19-26-23-17-15-22(16-18-23)24(25)27-20-11-9-14-21-12-7-6-8-13-21;3*1-6-2-4-7(8)5-3-6;;/h2*6-8,12-13,15-18H,2-5,9-11,14,19-20H2,1H3;3*2-5,8H,1H3;;/q;;;;;2*+3. The molecule has 0 saturated heterocycles. The van der Waals surface area contributed by atoms with Crippen molar-refractivity contribution in [3.8, 4) is 11.5 Å². The number of carbonyl (C=O) groups excluding carboxylic acids is 2. The number of hydrogen-bond acceptors (Lipinski definition) is 9. The summed E-state index contributed by atoms with van der Waals surface area (Å²) in [7, 11) is 0. The number of carbonyl (C=O) groups is 2. The second-order valence-corrected chi connectivity index (χ2v) is 20.8. The molecule has 0 aliphatic carbocycles. The first kappa shape index (κ1) is 73.4. The molecule has 0 aromatic heterocycles. The van der Waals surface area contributed by atoms with Gasteiger partial charge in [-0.15, -0.1) is 37.9 Å². The van der Waals surface area contributed by atoms with Crippen molar-refractivity contribution in [2.75, 3.05) is 26.4 Å². The number of rotatable bonds is 26. The molecule has 0 saturated carbocycles. The zero-order chi connectivity index (χ0) is 56.3. The summed E-state index contributed by atoms with van der Waals surface area (Å²) >= 11 is 12.4. The minimum absolute atomic E-state index is 0. The van der Waals surface area contributed by atoms with E-state index in [1.54, 1.807) is 24.3 Å². The number of esters is 2. The molecule has 7 aromatic rings. The molecular weight excluding hydrogens is 1220 g/mol. The van der Waals surface area contributed by atoms with Crippen LogP contribution in [0.2, 0.25) is 0 Å². The molecule has 2 radical (unpaired) electrons. The Hall–Kier alpha value is -4.62. The van der Waals surface area contributed by atoms with Gasteiger partial charge in [-0.2, -0.15) is 0 Å². The molecule has 0 fully saturated rings. The second kappa shape index (κ2) is 48.0. The molecule has 7 aromatic carbocycles. The average Bonchev–Trinajstić information content (AvgIpc) is 3.46. The van der Waals surface area contributed by atoms with Crippen LogP contribution >= 0.6 is 37.9 Å². The van der Waals surface area contributed by atoms with Crippen LogP contribution in [0.25, 0.3) is 0 Å². The SMILES string of the molecule is CCCCCCCOc1ccc(C(=O)OCCCCc2ccccc2)cc1.CCCCCCCOc1ccc(C(=O)OCCCCc2ccccc2)cc1.Cc1ccc(S)cc1.Cc1ccc(S)cc1.Cc1ccc(S)cc1.[Ru+3].[Ru+3]. The van der Waals surface area contributed by atoms with Crippen LogP contribution in [0.4, 0.5) is 0 Å². The third-order valence-electron chi connectivity index (χ3n) is 12.2. The van der Waals surface area contributed by atoms with E-state index in [1.165, 1.54) is 79.2 Å². The molecule has 6 nitrogen and oxygen atoms in total. The van der Waals surface area contributed by atoms with E-state index in [4.69, 9.17) is 18.9 Å². The van der Waals surface area contributed by atoms with Gasteiger partial charge in [-0.3, -0.25) is 0 Å². The van der Waals surface area contributed by atoms with Crippen LogP contribution in [-0.4, -0.2) is 38.4 Å². The Bertz CT molecular complexity index is 2280. The third-order valence-corrected chi connectivity index (χ3v) is 13.1. The predicted molar refractivity (Wildman–Crippen MR) is 336 cm³/mol. The van der Waals surface area contributed by atoms with Crippen molar-refractivity contribution in [3.63, 3.8) is 0 Å². The van der Waals surface area contributed by atoms with Crippen molar-refractivity contribution in [1.82, 2.24) is 0 Å². The van der Waals surface area contributed by atoms with E-state index >= 15 is 0 Å². The van der Waals surface area contributed by atoms with Crippen LogP contribution < -0.4 is 9.47 Å². The predicted octanol–water partition coefficient (Wildman–Crippen LogP) is 19.3. The summed E-state index contributed by atoms with van der Waals surface area (Å²) in [6.07, 6.45) is 18.0. The van der Waals surface area contributed by atoms with Gasteiger partial charge < -0.3 is 18.9 Å². The van der Waals surface area contributed by atoms with E-state index in [9.17, 15) is 9.59 Å². The number of unbranched alkanes of at least 4 members (excludes halogenated alkanes) is 10. The molecule has 0 spiro atoms. The van der Waals surface area contributed by atoms with E-state index in [-0.39, 0.29) is 50.9 Å². The fraction of sp³-hybridized carbons (Fsp3) is 0.362. The molecule has 0 bridgehead atoms. The summed E-state index contributed by atoms with van der Waals surface area (Å²) in [5.74, 6) is 1.09. The Labute approximate surface area is 524 Å². The number of ether oxygens (including phenoxy) is 4. The third kappa shape index (κ3) is 37.4. The van der Waals surface area contributed by atoms with Gasteiger partial charge in [-0.05, 0) is 168 Å². The number of hydrogen-bond donors (Lipinski definition) is 3. The van der Waals surface area contributed by atoms with Gasteiger partial charge in [0, 0.05) is 14.7 Å². The topological polar surface area (TPSA) is 71.1 Å². The smallest absolute Gasteiger partial charge is 0.494 e. The first-order valence-electron chi connectivity index (χ1n) is 28.1. The number of thiol groups is 3. The molecule has 80 heavy (non-hydrogen) atoms. The van der Waals surface area contributed by atoms with E-state index in [2.05, 4.69) is 121 Å². The maximum Gasteiger partial charge on any atom is 3.00 e. The van der Waals surface area contributed by atoms with Gasteiger partial charge in [-0.25, -0.2) is 9.59 Å². The van der Waals surface area contributed by atoms with Gasteiger partial charge >= 0.3 is 50.9 Å². The molecule has 0 aliphatic rings. The molecule has 0 heterocycles. The summed E-state index contributed by atoms with van der Waals surface area (Å²) in [6.45, 7) is 13.0. The zero-order valence-electron chi connectivity index (χ0n) is 48.0. The monoisotopic (exact) mass is 1310 g/mol. The minimum Gasteiger partial charge on any atom is -0.494 e. The maximum atomic E-state index is 12.1. The van der Waals surface area contributed by atoms with Crippen molar-refractivity contribution >= 4 is 49.8 Å². The average molecular weight is 1310 g/mol. The molecule has 0 atom stereocenters. The van der Waals surface area contributed by atoms with Gasteiger partial charge in [0.15, 0.2) is 0 Å². The summed E-state index contributed by atoms with van der Waals surface area (Å²) in [6, 6.07) is 59.4. The zero-order valence-corrected chi connectivity index (χ0v) is 54.1. The summed E-state index contributed by atoms with van der Waals surface area (Å²) in [5, 5.41) is 0. The van der Waals surface area contributed by atoms with Gasteiger partial charge in [0.1, 0.15) is 11.5 Å². The van der Waals surface area contributed by atoms with Gasteiger partial charge in [-0.1, -0.05) is 179 Å². The van der Waals surface area contributed by atoms with Crippen molar-refractivity contribution in [1.29, 1.82) is 0 Å². The Morgan fingerprint density at radius 3 is 0.912 bits per heavy atom. The molecule has 0 aliphatic heterocycles. The van der Waals surface area contributed by atoms with Gasteiger partial charge in [0.2, 0.25) is 0 Å². The fourth-order valence-electron chi connectivity index (χ4n) is 7.45. The Morgan fingerprint density at radius 1 is 0.338 bits per heavy atom. The van der Waals surface area contributed by atoms with Crippen LogP contribution in [-0.2, 0) is 61.3 Å². The van der Waals surface area contributed by atoms with Crippen LogP contribution in [0.1, 0.15) is 152 Å². The Kier molecular flexibility index (Phi) is 44.0. The quantitative estimate of drug-likeness (QED) is 0.0217. The Balaban J connectivity index is 0.000000556. The number of aryl methyl sites for hydroxylation is 5. The normalized spacial score (nSPS) is 9.90. The largest absolute Gasteiger partial charge is 3.00 e. The van der Waals surface area contributed by atoms with E-state index < -0.39 is 0 Å². The second-order valence-electron chi connectivity index (χ2n) is 19.2. The maximum absolute atomic E-state index is 12.1. The van der Waals surface area contributed by atoms with Crippen LogP contribution in [0.5, 0.6) is 11.5 Å². The molecular formula is C69H88O6Ru2S3+6. The molecule has 0 amide bonds. The minimum atomic E-state index is -0.263. The first-order valence-corrected chi connectivity index (χ1v) is 29.4. The van der Waals surface area contributed by atoms with Crippen molar-refractivity contribution in [2.24, 2.45) is 0 Å². The van der Waals surface area contributed by atoms with Crippen molar-refractivity contribution in [2.45, 2.75) is 152 Å². The summed E-state index contributed by atoms with van der Waals surface area (Å²) in [5.41, 5.74) is 7.64. The molecule has 0 unspecified atom stereocenters. The van der Waals surface area contributed by atoms with E-state index in [1.807, 2.05) is 109 Å². The van der Waals surface area contributed by atoms with E-state index in [0.717, 1.165) is 90.8 Å². The first-order chi connectivity index (χ1) is 37.9.